The zero-order valence-corrected chi connectivity index (χ0v) is 12.9. The van der Waals surface area contributed by atoms with Crippen LogP contribution in [0.15, 0.2) is 18.2 Å². The Morgan fingerprint density at radius 1 is 1.29 bits per heavy atom. The van der Waals surface area contributed by atoms with Gasteiger partial charge in [-0.2, -0.15) is 0 Å². The highest BCUT2D eigenvalue weighted by Gasteiger charge is 2.20. The summed E-state index contributed by atoms with van der Waals surface area (Å²) in [5, 5.41) is 3.20. The first-order chi connectivity index (χ1) is 10.1. The van der Waals surface area contributed by atoms with Crippen molar-refractivity contribution in [2.24, 2.45) is 0 Å². The van der Waals surface area contributed by atoms with E-state index >= 15 is 0 Å². The lowest BCUT2D eigenvalue weighted by Gasteiger charge is -2.16. The zero-order chi connectivity index (χ0) is 15.7. The molecule has 0 bridgehead atoms. The molecule has 0 saturated carbocycles. The highest BCUT2D eigenvalue weighted by atomic mass is 19.1. The van der Waals surface area contributed by atoms with E-state index < -0.39 is 12.1 Å². The average molecular weight is 297 g/mol. The van der Waals surface area contributed by atoms with Crippen molar-refractivity contribution in [3.8, 4) is 5.75 Å². The number of carbonyl (C=O) groups excluding carboxylic acids is 1. The van der Waals surface area contributed by atoms with E-state index in [1.807, 2.05) is 6.92 Å². The number of hydrogen-bond acceptors (Lipinski definition) is 4. The van der Waals surface area contributed by atoms with Gasteiger partial charge in [-0.1, -0.05) is 13.8 Å². The molecule has 118 valence electrons. The smallest absolute Gasteiger partial charge is 0.347 e. The Hall–Kier alpha value is -1.62. The molecule has 0 spiro atoms. The Morgan fingerprint density at radius 2 is 2.05 bits per heavy atom. The Bertz CT molecular complexity index is 451. The third-order valence-corrected chi connectivity index (χ3v) is 2.89. The van der Waals surface area contributed by atoms with E-state index in [1.165, 1.54) is 12.1 Å². The molecule has 1 aromatic carbocycles. The van der Waals surface area contributed by atoms with Gasteiger partial charge >= 0.3 is 5.97 Å². The summed E-state index contributed by atoms with van der Waals surface area (Å²) < 4.78 is 24.1. The molecule has 21 heavy (non-hydrogen) atoms. The summed E-state index contributed by atoms with van der Waals surface area (Å²) in [6.07, 6.45) is 0.779. The number of carbonyl (C=O) groups is 1. The SMILES string of the molecule is CCCNCc1cc(F)cc(OC(CC)C(=O)OCC)c1. The van der Waals surface area contributed by atoms with E-state index in [0.29, 0.717) is 25.3 Å². The first-order valence-corrected chi connectivity index (χ1v) is 7.44. The van der Waals surface area contributed by atoms with Crippen molar-refractivity contribution in [2.75, 3.05) is 13.2 Å². The number of nitrogens with one attached hydrogen (secondary N) is 1. The Labute approximate surface area is 125 Å². The fraction of sp³-hybridized carbons (Fsp3) is 0.562. The first kappa shape index (κ1) is 17.4. The quantitative estimate of drug-likeness (QED) is 0.562. The molecule has 1 unspecified atom stereocenters. The van der Waals surface area contributed by atoms with Crippen LogP contribution in [-0.4, -0.2) is 25.2 Å². The lowest BCUT2D eigenvalue weighted by molar-refractivity contribution is -0.151. The minimum absolute atomic E-state index is 0.300. The van der Waals surface area contributed by atoms with Crippen molar-refractivity contribution in [1.82, 2.24) is 5.32 Å². The Morgan fingerprint density at radius 3 is 2.67 bits per heavy atom. The molecule has 1 atom stereocenters. The summed E-state index contributed by atoms with van der Waals surface area (Å²) in [7, 11) is 0. The van der Waals surface area contributed by atoms with Crippen molar-refractivity contribution in [3.05, 3.63) is 29.6 Å². The lowest BCUT2D eigenvalue weighted by Crippen LogP contribution is -2.28. The number of ether oxygens (including phenoxy) is 2. The van der Waals surface area contributed by atoms with E-state index in [2.05, 4.69) is 12.2 Å². The Balaban J connectivity index is 2.74. The van der Waals surface area contributed by atoms with Crippen LogP contribution < -0.4 is 10.1 Å². The van der Waals surface area contributed by atoms with Crippen LogP contribution in [0.4, 0.5) is 4.39 Å². The fourth-order valence-corrected chi connectivity index (χ4v) is 1.90. The van der Waals surface area contributed by atoms with Gasteiger partial charge in [0.05, 0.1) is 6.61 Å². The van der Waals surface area contributed by atoms with Crippen molar-refractivity contribution >= 4 is 5.97 Å². The molecular formula is C16H24FNO3. The molecule has 1 aromatic rings. The minimum atomic E-state index is -0.705. The highest BCUT2D eigenvalue weighted by molar-refractivity contribution is 5.75. The van der Waals surface area contributed by atoms with Crippen molar-refractivity contribution in [2.45, 2.75) is 46.3 Å². The summed E-state index contributed by atoms with van der Waals surface area (Å²) in [6, 6.07) is 4.49. The second-order valence-electron chi connectivity index (χ2n) is 4.74. The summed E-state index contributed by atoms with van der Waals surface area (Å²) in [5.74, 6) is -0.447. The molecule has 1 N–H and O–H groups in total. The molecule has 0 heterocycles. The molecule has 0 aliphatic heterocycles. The first-order valence-electron chi connectivity index (χ1n) is 7.44. The van der Waals surface area contributed by atoms with Crippen molar-refractivity contribution < 1.29 is 18.7 Å². The third kappa shape index (κ3) is 6.12. The number of halogens is 1. The molecule has 0 radical (unpaired) electrons. The molecule has 0 saturated heterocycles. The van der Waals surface area contributed by atoms with Crippen LogP contribution in [0.25, 0.3) is 0 Å². The van der Waals surface area contributed by atoms with E-state index in [9.17, 15) is 9.18 Å². The molecule has 0 aliphatic rings. The van der Waals surface area contributed by atoms with Crippen LogP contribution in [-0.2, 0) is 16.1 Å². The predicted octanol–water partition coefficient (Wildman–Crippen LogP) is 3.05. The summed E-state index contributed by atoms with van der Waals surface area (Å²) in [5.41, 5.74) is 0.789. The molecule has 5 heteroatoms. The minimum Gasteiger partial charge on any atom is -0.479 e. The maximum Gasteiger partial charge on any atom is 0.347 e. The predicted molar refractivity (Wildman–Crippen MR) is 79.7 cm³/mol. The van der Waals surface area contributed by atoms with E-state index in [4.69, 9.17) is 9.47 Å². The van der Waals surface area contributed by atoms with Gasteiger partial charge in [0.2, 0.25) is 0 Å². The van der Waals surface area contributed by atoms with Gasteiger partial charge in [0, 0.05) is 12.6 Å². The number of hydrogen-bond donors (Lipinski definition) is 1. The van der Waals surface area contributed by atoms with E-state index in [-0.39, 0.29) is 5.82 Å². The molecule has 4 nitrogen and oxygen atoms in total. The topological polar surface area (TPSA) is 47.6 Å². The largest absolute Gasteiger partial charge is 0.479 e. The van der Waals surface area contributed by atoms with Gasteiger partial charge in [0.1, 0.15) is 11.6 Å². The van der Waals surface area contributed by atoms with Crippen LogP contribution in [0.5, 0.6) is 5.75 Å². The van der Waals surface area contributed by atoms with Gasteiger partial charge in [-0.05, 0) is 44.0 Å². The number of benzene rings is 1. The lowest BCUT2D eigenvalue weighted by atomic mass is 10.2. The van der Waals surface area contributed by atoms with Crippen LogP contribution in [0.2, 0.25) is 0 Å². The monoisotopic (exact) mass is 297 g/mol. The second-order valence-corrected chi connectivity index (χ2v) is 4.74. The van der Waals surface area contributed by atoms with Gasteiger partial charge < -0.3 is 14.8 Å². The molecular weight excluding hydrogens is 273 g/mol. The summed E-state index contributed by atoms with van der Waals surface area (Å²) in [6.45, 7) is 7.37. The molecule has 0 amide bonds. The van der Waals surface area contributed by atoms with Crippen LogP contribution >= 0.6 is 0 Å². The maximum atomic E-state index is 13.6. The fourth-order valence-electron chi connectivity index (χ4n) is 1.90. The van der Waals surface area contributed by atoms with E-state index in [1.54, 1.807) is 13.0 Å². The van der Waals surface area contributed by atoms with Crippen molar-refractivity contribution in [1.29, 1.82) is 0 Å². The Kier molecular flexibility index (Phi) is 7.75. The summed E-state index contributed by atoms with van der Waals surface area (Å²) >= 11 is 0. The number of esters is 1. The summed E-state index contributed by atoms with van der Waals surface area (Å²) in [4.78, 5) is 11.7. The van der Waals surface area contributed by atoms with E-state index in [0.717, 1.165) is 18.5 Å². The van der Waals surface area contributed by atoms with Gasteiger partial charge in [0.15, 0.2) is 6.10 Å². The van der Waals surface area contributed by atoms with Gasteiger partial charge in [0.25, 0.3) is 0 Å². The van der Waals surface area contributed by atoms with Crippen LogP contribution in [0.3, 0.4) is 0 Å². The van der Waals surface area contributed by atoms with Gasteiger partial charge in [-0.15, -0.1) is 0 Å². The van der Waals surface area contributed by atoms with Gasteiger partial charge in [-0.25, -0.2) is 9.18 Å². The van der Waals surface area contributed by atoms with Crippen molar-refractivity contribution in [3.63, 3.8) is 0 Å². The highest BCUT2D eigenvalue weighted by Crippen LogP contribution is 2.19. The molecule has 0 fully saturated rings. The second kappa shape index (κ2) is 9.34. The number of rotatable bonds is 9. The van der Waals surface area contributed by atoms with Crippen LogP contribution in [0, 0.1) is 5.82 Å². The van der Waals surface area contributed by atoms with Crippen LogP contribution in [0.1, 0.15) is 39.2 Å². The third-order valence-electron chi connectivity index (χ3n) is 2.89. The molecule has 0 aliphatic carbocycles. The van der Waals surface area contributed by atoms with Gasteiger partial charge in [-0.3, -0.25) is 0 Å². The zero-order valence-electron chi connectivity index (χ0n) is 12.9. The molecule has 1 rings (SSSR count). The maximum absolute atomic E-state index is 13.6. The molecule has 0 aromatic heterocycles. The standard InChI is InChI=1S/C16H24FNO3/c1-4-7-18-11-12-8-13(17)10-14(9-12)21-15(5-2)16(19)20-6-3/h8-10,15,18H,4-7,11H2,1-3H3. The average Bonchev–Trinajstić information content (AvgIpc) is 2.44. The normalized spacial score (nSPS) is 12.0.